The quantitative estimate of drug-likeness (QED) is 0.897. The van der Waals surface area contributed by atoms with E-state index in [0.717, 1.165) is 17.7 Å². The van der Waals surface area contributed by atoms with E-state index < -0.39 is 0 Å². The molecular formula is C17H26ClNO2. The van der Waals surface area contributed by atoms with E-state index in [4.69, 9.17) is 21.1 Å². The van der Waals surface area contributed by atoms with Gasteiger partial charge >= 0.3 is 0 Å². The van der Waals surface area contributed by atoms with E-state index in [2.05, 4.69) is 46.0 Å². The molecule has 1 aromatic rings. The third kappa shape index (κ3) is 3.71. The number of rotatable bonds is 4. The molecule has 21 heavy (non-hydrogen) atoms. The Hall–Kier alpha value is -0.770. The van der Waals surface area contributed by atoms with Crippen molar-refractivity contribution in [3.63, 3.8) is 0 Å². The van der Waals surface area contributed by atoms with Gasteiger partial charge in [-0.3, -0.25) is 0 Å². The standard InChI is InChI=1S/C17H26ClNO2/c1-11(19-6)12-7-8-14(13(18)9-12)20-15-10-16(2,3)21-17(15,4)5/h7-9,11,15,19H,10H2,1-6H3. The SMILES string of the molecule is CNC(C)c1ccc(OC2CC(C)(C)OC2(C)C)c(Cl)c1. The van der Waals surface area contributed by atoms with Crippen LogP contribution in [-0.4, -0.2) is 24.4 Å². The number of ether oxygens (including phenoxy) is 2. The van der Waals surface area contributed by atoms with Gasteiger partial charge in [0.1, 0.15) is 17.5 Å². The Morgan fingerprint density at radius 2 is 2.00 bits per heavy atom. The number of halogens is 1. The normalized spacial score (nSPS) is 24.8. The lowest BCUT2D eigenvalue weighted by molar-refractivity contribution is -0.0845. The van der Waals surface area contributed by atoms with Crippen LogP contribution in [-0.2, 0) is 4.74 Å². The Kier molecular flexibility index (Phi) is 4.57. The van der Waals surface area contributed by atoms with Gasteiger partial charge in [-0.1, -0.05) is 17.7 Å². The summed E-state index contributed by atoms with van der Waals surface area (Å²) in [5.41, 5.74) is 0.669. The highest BCUT2D eigenvalue weighted by Crippen LogP contribution is 2.41. The van der Waals surface area contributed by atoms with Crippen LogP contribution < -0.4 is 10.1 Å². The third-order valence-corrected chi connectivity index (χ3v) is 4.45. The van der Waals surface area contributed by atoms with Crippen LogP contribution in [0.1, 0.15) is 52.6 Å². The zero-order valence-corrected chi connectivity index (χ0v) is 14.5. The molecule has 2 unspecified atom stereocenters. The van der Waals surface area contributed by atoms with Gasteiger partial charge in [0.25, 0.3) is 0 Å². The fourth-order valence-electron chi connectivity index (χ4n) is 2.90. The smallest absolute Gasteiger partial charge is 0.138 e. The van der Waals surface area contributed by atoms with Crippen molar-refractivity contribution in [3.05, 3.63) is 28.8 Å². The first-order valence-electron chi connectivity index (χ1n) is 7.48. The first-order valence-corrected chi connectivity index (χ1v) is 7.86. The number of nitrogens with one attached hydrogen (secondary N) is 1. The maximum absolute atomic E-state index is 6.38. The first-order chi connectivity index (χ1) is 9.64. The largest absolute Gasteiger partial charge is 0.486 e. The summed E-state index contributed by atoms with van der Waals surface area (Å²) in [6, 6.07) is 6.23. The van der Waals surface area contributed by atoms with Crippen molar-refractivity contribution in [2.45, 2.75) is 64.4 Å². The molecule has 0 aliphatic carbocycles. The van der Waals surface area contributed by atoms with Crippen molar-refractivity contribution in [3.8, 4) is 5.75 Å². The van der Waals surface area contributed by atoms with E-state index in [0.29, 0.717) is 5.02 Å². The predicted molar refractivity (Wildman–Crippen MR) is 87.2 cm³/mol. The Bertz CT molecular complexity index is 514. The summed E-state index contributed by atoms with van der Waals surface area (Å²) in [5.74, 6) is 0.725. The van der Waals surface area contributed by atoms with E-state index in [9.17, 15) is 0 Å². The summed E-state index contributed by atoms with van der Waals surface area (Å²) in [7, 11) is 1.93. The van der Waals surface area contributed by atoms with Crippen LogP contribution in [0, 0.1) is 0 Å². The van der Waals surface area contributed by atoms with Crippen LogP contribution in [0.3, 0.4) is 0 Å². The van der Waals surface area contributed by atoms with Crippen LogP contribution >= 0.6 is 11.6 Å². The maximum atomic E-state index is 6.38. The summed E-state index contributed by atoms with van der Waals surface area (Å²) < 4.78 is 12.2. The average molecular weight is 312 g/mol. The van der Waals surface area contributed by atoms with Crippen molar-refractivity contribution < 1.29 is 9.47 Å². The highest BCUT2D eigenvalue weighted by atomic mass is 35.5. The Morgan fingerprint density at radius 3 is 2.48 bits per heavy atom. The molecule has 1 saturated heterocycles. The fourth-order valence-corrected chi connectivity index (χ4v) is 3.13. The van der Waals surface area contributed by atoms with Crippen LogP contribution in [0.4, 0.5) is 0 Å². The van der Waals surface area contributed by atoms with E-state index in [-0.39, 0.29) is 23.3 Å². The molecule has 2 rings (SSSR count). The van der Waals surface area contributed by atoms with Gasteiger partial charge in [-0.15, -0.1) is 0 Å². The molecule has 3 nitrogen and oxygen atoms in total. The highest BCUT2D eigenvalue weighted by molar-refractivity contribution is 6.32. The minimum atomic E-state index is -0.316. The van der Waals surface area contributed by atoms with Gasteiger partial charge in [0.2, 0.25) is 0 Å². The molecule has 0 aromatic heterocycles. The Morgan fingerprint density at radius 1 is 1.33 bits per heavy atom. The summed E-state index contributed by atoms with van der Waals surface area (Å²) in [5, 5.41) is 3.85. The van der Waals surface area contributed by atoms with Gasteiger partial charge in [0, 0.05) is 12.5 Å². The van der Waals surface area contributed by atoms with Crippen molar-refractivity contribution >= 4 is 11.6 Å². The van der Waals surface area contributed by atoms with E-state index in [1.54, 1.807) is 0 Å². The number of benzene rings is 1. The van der Waals surface area contributed by atoms with Crippen LogP contribution in [0.25, 0.3) is 0 Å². The lowest BCUT2D eigenvalue weighted by atomic mass is 9.97. The zero-order valence-electron chi connectivity index (χ0n) is 13.8. The van der Waals surface area contributed by atoms with Gasteiger partial charge in [-0.2, -0.15) is 0 Å². The van der Waals surface area contributed by atoms with Crippen molar-refractivity contribution in [1.29, 1.82) is 0 Å². The molecule has 1 aliphatic rings. The second-order valence-corrected chi connectivity index (χ2v) is 7.38. The van der Waals surface area contributed by atoms with E-state index >= 15 is 0 Å². The number of hydrogen-bond donors (Lipinski definition) is 1. The molecule has 1 fully saturated rings. The van der Waals surface area contributed by atoms with Crippen LogP contribution in [0.15, 0.2) is 18.2 Å². The van der Waals surface area contributed by atoms with Gasteiger partial charge in [-0.25, -0.2) is 0 Å². The lowest BCUT2D eigenvalue weighted by Gasteiger charge is -2.27. The highest BCUT2D eigenvalue weighted by Gasteiger charge is 2.47. The molecular weight excluding hydrogens is 286 g/mol. The molecule has 1 aromatic carbocycles. The van der Waals surface area contributed by atoms with E-state index in [1.165, 1.54) is 0 Å². The van der Waals surface area contributed by atoms with Gasteiger partial charge in [0.15, 0.2) is 0 Å². The monoisotopic (exact) mass is 311 g/mol. The summed E-state index contributed by atoms with van der Waals surface area (Å²) >= 11 is 6.38. The van der Waals surface area contributed by atoms with Crippen LogP contribution in [0.2, 0.25) is 5.02 Å². The fraction of sp³-hybridized carbons (Fsp3) is 0.647. The first kappa shape index (κ1) is 16.6. The summed E-state index contributed by atoms with van der Waals surface area (Å²) in [4.78, 5) is 0. The minimum absolute atomic E-state index is 0.00225. The van der Waals surface area contributed by atoms with Gasteiger partial charge in [0.05, 0.1) is 10.6 Å². The molecule has 0 amide bonds. The maximum Gasteiger partial charge on any atom is 0.138 e. The topological polar surface area (TPSA) is 30.5 Å². The Labute approximate surface area is 133 Å². The predicted octanol–water partition coefficient (Wildman–Crippen LogP) is 4.35. The molecule has 118 valence electrons. The second-order valence-electron chi connectivity index (χ2n) is 6.98. The molecule has 0 spiro atoms. The molecule has 1 aliphatic heterocycles. The summed E-state index contributed by atoms with van der Waals surface area (Å²) in [6.07, 6.45) is 0.850. The van der Waals surface area contributed by atoms with Crippen LogP contribution in [0.5, 0.6) is 5.75 Å². The minimum Gasteiger partial charge on any atom is -0.486 e. The number of hydrogen-bond acceptors (Lipinski definition) is 3. The molecule has 0 radical (unpaired) electrons. The lowest BCUT2D eigenvalue weighted by Crippen LogP contribution is -2.36. The second kappa shape index (κ2) is 5.79. The molecule has 1 heterocycles. The molecule has 0 saturated carbocycles. The summed E-state index contributed by atoms with van der Waals surface area (Å²) in [6.45, 7) is 10.4. The van der Waals surface area contributed by atoms with Crippen molar-refractivity contribution in [1.82, 2.24) is 5.32 Å². The van der Waals surface area contributed by atoms with Gasteiger partial charge in [-0.05, 0) is 59.4 Å². The zero-order chi connectivity index (χ0) is 15.8. The average Bonchev–Trinajstić information content (AvgIpc) is 2.58. The molecule has 1 N–H and O–H groups in total. The molecule has 0 bridgehead atoms. The Balaban J connectivity index is 2.17. The van der Waals surface area contributed by atoms with E-state index in [1.807, 2.05) is 19.2 Å². The van der Waals surface area contributed by atoms with Gasteiger partial charge < -0.3 is 14.8 Å². The van der Waals surface area contributed by atoms with Crippen molar-refractivity contribution in [2.75, 3.05) is 7.05 Å². The van der Waals surface area contributed by atoms with Crippen molar-refractivity contribution in [2.24, 2.45) is 0 Å². The molecule has 2 atom stereocenters. The third-order valence-electron chi connectivity index (χ3n) is 4.15. The molecule has 4 heteroatoms.